The molecule has 53 heavy (non-hydrogen) atoms. The van der Waals surface area contributed by atoms with Crippen LogP contribution in [0.2, 0.25) is 10.0 Å². The third-order valence-electron chi connectivity index (χ3n) is 8.80. The first-order valence-electron chi connectivity index (χ1n) is 16.7. The number of nitrogens with one attached hydrogen (secondary N) is 1. The van der Waals surface area contributed by atoms with Gasteiger partial charge in [-0.2, -0.15) is 0 Å². The summed E-state index contributed by atoms with van der Waals surface area (Å²) < 4.78 is 45.2. The molecule has 282 valence electrons. The fourth-order valence-electron chi connectivity index (χ4n) is 5.79. The first-order chi connectivity index (χ1) is 25.2. The molecule has 0 fully saturated rings. The van der Waals surface area contributed by atoms with E-state index in [-0.39, 0.29) is 58.5 Å². The normalized spacial score (nSPS) is 14.5. The number of carbonyl (C=O) groups excluding carboxylic acids is 4. The number of sulfone groups is 1. The van der Waals surface area contributed by atoms with E-state index < -0.39 is 40.2 Å². The average Bonchev–Trinajstić information content (AvgIpc) is 3.59. The summed E-state index contributed by atoms with van der Waals surface area (Å²) in [5, 5.41) is 12.8. The number of benzene rings is 3. The van der Waals surface area contributed by atoms with Crippen LogP contribution >= 0.6 is 23.2 Å². The van der Waals surface area contributed by atoms with Crippen LogP contribution in [-0.2, 0) is 48.2 Å². The third kappa shape index (κ3) is 9.68. The largest absolute Gasteiger partial charge is 0.511 e. The summed E-state index contributed by atoms with van der Waals surface area (Å²) in [5.74, 6) is -2.35. The lowest BCUT2D eigenvalue weighted by Gasteiger charge is -2.30. The number of aliphatic hydroxyl groups is 1. The number of amides is 2. The first kappa shape index (κ1) is 39.6. The van der Waals surface area contributed by atoms with E-state index in [2.05, 4.69) is 5.32 Å². The van der Waals surface area contributed by atoms with Crippen LogP contribution in [0.3, 0.4) is 0 Å². The Morgan fingerprint density at radius 3 is 2.55 bits per heavy atom. The van der Waals surface area contributed by atoms with E-state index in [1.807, 2.05) is 6.92 Å². The number of carbonyl (C=O) groups is 4. The van der Waals surface area contributed by atoms with Gasteiger partial charge in [-0.25, -0.2) is 18.0 Å². The standard InChI is InChI=1S/C37H38Cl2N2O11S/c1-4-22(19-42)20-50-37(46)52-21(2)51-36(45)30(15-23-6-5-7-27(14-23)53(3,47)48)40-34(43)32-29(38)16-26-18-41(12-10-28(26)33(32)39)35(44)25-9-8-24-11-13-49-31(24)17-25/h5-9,11,13-14,16-17,21-22,30,42H,4,10,12,15,18-20H2,1-3H3,(H,40,43)/t21?,22?,30-/m0/s1. The minimum Gasteiger partial charge on any atom is -0.464 e. The predicted molar refractivity (Wildman–Crippen MR) is 194 cm³/mol. The Kier molecular flexibility index (Phi) is 12.7. The summed E-state index contributed by atoms with van der Waals surface area (Å²) in [6.07, 6.45) is 0.644. The van der Waals surface area contributed by atoms with Crippen LogP contribution in [0.4, 0.5) is 4.79 Å². The van der Waals surface area contributed by atoms with Crippen molar-refractivity contribution in [2.75, 3.05) is 26.0 Å². The molecule has 3 atom stereocenters. The van der Waals surface area contributed by atoms with Gasteiger partial charge in [0.15, 0.2) is 9.84 Å². The molecule has 13 nitrogen and oxygen atoms in total. The Labute approximate surface area is 316 Å². The van der Waals surface area contributed by atoms with E-state index in [0.29, 0.717) is 47.2 Å². The molecule has 0 aliphatic carbocycles. The van der Waals surface area contributed by atoms with Crippen LogP contribution in [-0.4, -0.2) is 80.7 Å². The molecule has 1 aliphatic heterocycles. The van der Waals surface area contributed by atoms with Gasteiger partial charge in [0.05, 0.1) is 33.4 Å². The first-order valence-corrected chi connectivity index (χ1v) is 19.3. The van der Waals surface area contributed by atoms with Crippen molar-refractivity contribution >= 4 is 67.9 Å². The Hall–Kier alpha value is -4.63. The van der Waals surface area contributed by atoms with Gasteiger partial charge in [-0.15, -0.1) is 0 Å². The number of ether oxygens (including phenoxy) is 3. The van der Waals surface area contributed by atoms with Gasteiger partial charge in [-0.05, 0) is 65.9 Å². The van der Waals surface area contributed by atoms with Gasteiger partial charge < -0.3 is 34.0 Å². The highest BCUT2D eigenvalue weighted by molar-refractivity contribution is 7.90. The molecule has 4 aromatic rings. The maximum absolute atomic E-state index is 13.8. The van der Waals surface area contributed by atoms with E-state index in [9.17, 15) is 32.7 Å². The third-order valence-corrected chi connectivity index (χ3v) is 10.6. The van der Waals surface area contributed by atoms with Gasteiger partial charge in [0.2, 0.25) is 6.29 Å². The lowest BCUT2D eigenvalue weighted by molar-refractivity contribution is -0.170. The Morgan fingerprint density at radius 2 is 1.83 bits per heavy atom. The number of halogens is 2. The van der Waals surface area contributed by atoms with E-state index in [1.165, 1.54) is 25.1 Å². The van der Waals surface area contributed by atoms with Crippen LogP contribution in [0, 0.1) is 5.92 Å². The summed E-state index contributed by atoms with van der Waals surface area (Å²) in [5.41, 5.74) is 2.55. The topological polar surface area (TPSA) is 179 Å². The number of hydrogen-bond donors (Lipinski definition) is 2. The van der Waals surface area contributed by atoms with Crippen molar-refractivity contribution in [2.45, 2.75) is 56.9 Å². The van der Waals surface area contributed by atoms with Gasteiger partial charge in [-0.3, -0.25) is 9.59 Å². The maximum atomic E-state index is 13.8. The molecule has 0 saturated carbocycles. The molecule has 0 bridgehead atoms. The molecule has 2 unspecified atom stereocenters. The number of fused-ring (bicyclic) bond motifs is 2. The highest BCUT2D eigenvalue weighted by Crippen LogP contribution is 2.35. The molecular weight excluding hydrogens is 751 g/mol. The Balaban J connectivity index is 1.34. The molecule has 1 aliphatic rings. The molecular formula is C37H38Cl2N2O11S. The molecule has 0 saturated heterocycles. The van der Waals surface area contributed by atoms with E-state index in [4.69, 9.17) is 41.8 Å². The zero-order chi connectivity index (χ0) is 38.4. The monoisotopic (exact) mass is 788 g/mol. The fraction of sp³-hybridized carbons (Fsp3) is 0.351. The quantitative estimate of drug-likeness (QED) is 0.125. The van der Waals surface area contributed by atoms with E-state index in [0.717, 1.165) is 11.6 Å². The van der Waals surface area contributed by atoms with Crippen LogP contribution < -0.4 is 5.32 Å². The van der Waals surface area contributed by atoms with Crippen molar-refractivity contribution in [1.82, 2.24) is 10.2 Å². The lowest BCUT2D eigenvalue weighted by atomic mass is 9.95. The van der Waals surface area contributed by atoms with Gasteiger partial charge >= 0.3 is 12.1 Å². The molecule has 2 N–H and O–H groups in total. The molecule has 0 radical (unpaired) electrons. The van der Waals surface area contributed by atoms with Crippen LogP contribution in [0.5, 0.6) is 0 Å². The fourth-order valence-corrected chi connectivity index (χ4v) is 7.25. The van der Waals surface area contributed by atoms with Crippen LogP contribution in [0.1, 0.15) is 57.7 Å². The van der Waals surface area contributed by atoms with Crippen molar-refractivity contribution in [2.24, 2.45) is 5.92 Å². The highest BCUT2D eigenvalue weighted by atomic mass is 35.5. The molecule has 16 heteroatoms. The minimum absolute atomic E-state index is 0.00373. The number of nitrogens with zero attached hydrogens (tertiary/aromatic N) is 1. The summed E-state index contributed by atoms with van der Waals surface area (Å²) >= 11 is 13.4. The van der Waals surface area contributed by atoms with Crippen LogP contribution in [0.15, 0.2) is 70.2 Å². The molecule has 1 aromatic heterocycles. The zero-order valence-electron chi connectivity index (χ0n) is 29.1. The van der Waals surface area contributed by atoms with Gasteiger partial charge in [-0.1, -0.05) is 48.3 Å². The molecule has 2 amide bonds. The highest BCUT2D eigenvalue weighted by Gasteiger charge is 2.31. The number of furan rings is 1. The number of aliphatic hydroxyl groups excluding tert-OH is 1. The predicted octanol–water partition coefficient (Wildman–Crippen LogP) is 5.74. The zero-order valence-corrected chi connectivity index (χ0v) is 31.4. The van der Waals surface area contributed by atoms with E-state index in [1.54, 1.807) is 47.6 Å². The van der Waals surface area contributed by atoms with Gasteiger partial charge in [0.1, 0.15) is 11.6 Å². The van der Waals surface area contributed by atoms with Gasteiger partial charge in [0, 0.05) is 56.2 Å². The number of hydrogen-bond acceptors (Lipinski definition) is 11. The van der Waals surface area contributed by atoms with Crippen LogP contribution in [0.25, 0.3) is 11.0 Å². The molecule has 0 spiro atoms. The van der Waals surface area contributed by atoms with Gasteiger partial charge in [0.25, 0.3) is 11.8 Å². The number of esters is 1. The average molecular weight is 790 g/mol. The molecule has 2 heterocycles. The smallest absolute Gasteiger partial charge is 0.464 e. The number of rotatable bonds is 13. The second kappa shape index (κ2) is 17.0. The summed E-state index contributed by atoms with van der Waals surface area (Å²) in [6, 6.07) is 13.0. The van der Waals surface area contributed by atoms with Crippen molar-refractivity contribution in [3.8, 4) is 0 Å². The van der Waals surface area contributed by atoms with E-state index >= 15 is 0 Å². The van der Waals surface area contributed by atoms with Crippen molar-refractivity contribution in [3.05, 3.63) is 98.7 Å². The lowest BCUT2D eigenvalue weighted by Crippen LogP contribution is -2.45. The summed E-state index contributed by atoms with van der Waals surface area (Å²) in [7, 11) is -3.60. The van der Waals surface area contributed by atoms with Crippen molar-refractivity contribution in [1.29, 1.82) is 0 Å². The maximum Gasteiger partial charge on any atom is 0.511 e. The Bertz CT molecular complexity index is 2130. The minimum atomic E-state index is -3.60. The summed E-state index contributed by atoms with van der Waals surface area (Å²) in [4.78, 5) is 54.5. The SMILES string of the molecule is CCC(CO)COC(=O)OC(C)OC(=O)[C@H](Cc1cccc(S(C)(=O)=O)c1)NC(=O)c1c(Cl)cc2c(c1Cl)CCN(C(=O)c1ccc3ccoc3c1)C2. The second-order valence-electron chi connectivity index (χ2n) is 12.6. The van der Waals surface area contributed by atoms with Crippen molar-refractivity contribution < 1.29 is 51.3 Å². The second-order valence-corrected chi connectivity index (χ2v) is 15.4. The molecule has 3 aromatic carbocycles. The van der Waals surface area contributed by atoms with Crippen molar-refractivity contribution in [3.63, 3.8) is 0 Å². The summed E-state index contributed by atoms with van der Waals surface area (Å²) in [6.45, 7) is 3.25. The Morgan fingerprint density at radius 1 is 1.06 bits per heavy atom. The molecule has 5 rings (SSSR count).